The standard InChI is InChI=1S/C19H11N4/c1-2-7-14-12(6-1)13-8-3-4-9-15(13)18-16(14)10-5-11-17(18)19-20-22-23-21-19/h1-11H/q+1. The maximum atomic E-state index is 4.05. The minimum atomic E-state index is 0.566. The molecule has 4 heteroatoms. The van der Waals surface area contributed by atoms with Crippen molar-refractivity contribution >= 4 is 32.3 Å². The van der Waals surface area contributed by atoms with Gasteiger partial charge < -0.3 is 0 Å². The van der Waals surface area contributed by atoms with Crippen molar-refractivity contribution in [2.24, 2.45) is 20.7 Å². The van der Waals surface area contributed by atoms with Crippen LogP contribution < -0.4 is 0 Å². The smallest absolute Gasteiger partial charge is 0.0616 e. The molecule has 4 aromatic rings. The lowest BCUT2D eigenvalue weighted by molar-refractivity contribution is 1.03. The van der Waals surface area contributed by atoms with Gasteiger partial charge in [0, 0.05) is 21.5 Å². The van der Waals surface area contributed by atoms with Crippen LogP contribution in [0.5, 0.6) is 0 Å². The highest BCUT2D eigenvalue weighted by Crippen LogP contribution is 2.39. The second kappa shape index (κ2) is 4.61. The van der Waals surface area contributed by atoms with E-state index in [4.69, 9.17) is 0 Å². The molecule has 0 bridgehead atoms. The third-order valence-electron chi connectivity index (χ3n) is 4.33. The molecular weight excluding hydrogens is 284 g/mol. The fraction of sp³-hybridized carbons (Fsp3) is 0. The SMILES string of the molecule is c1ccc2c(c1)c1ccccc1c1c([C+]3N=NN=N3)cccc21. The Morgan fingerprint density at radius 3 is 1.61 bits per heavy atom. The van der Waals surface area contributed by atoms with Gasteiger partial charge in [-0.15, -0.1) is 0 Å². The van der Waals surface area contributed by atoms with Crippen LogP contribution in [0.25, 0.3) is 32.3 Å². The molecule has 0 saturated carbocycles. The van der Waals surface area contributed by atoms with Crippen molar-refractivity contribution in [3.63, 3.8) is 0 Å². The molecule has 0 radical (unpaired) electrons. The summed E-state index contributed by atoms with van der Waals surface area (Å²) in [5, 5.41) is 22.6. The molecule has 5 rings (SSSR count). The van der Waals surface area contributed by atoms with Crippen molar-refractivity contribution in [3.8, 4) is 0 Å². The Balaban J connectivity index is 2.07. The Morgan fingerprint density at radius 2 is 1.00 bits per heavy atom. The van der Waals surface area contributed by atoms with Crippen LogP contribution in [0.2, 0.25) is 0 Å². The van der Waals surface area contributed by atoms with Gasteiger partial charge in [-0.3, -0.25) is 0 Å². The number of hydrogen-bond donors (Lipinski definition) is 0. The average Bonchev–Trinajstić information content (AvgIpc) is 3.16. The minimum absolute atomic E-state index is 0.566. The van der Waals surface area contributed by atoms with Crippen molar-refractivity contribution in [1.29, 1.82) is 0 Å². The van der Waals surface area contributed by atoms with Gasteiger partial charge in [0.2, 0.25) is 0 Å². The zero-order chi connectivity index (χ0) is 15.2. The van der Waals surface area contributed by atoms with E-state index >= 15 is 0 Å². The van der Waals surface area contributed by atoms with Gasteiger partial charge in [-0.1, -0.05) is 42.5 Å². The summed E-state index contributed by atoms with van der Waals surface area (Å²) in [6, 6.07) is 23.2. The Kier molecular flexibility index (Phi) is 2.46. The van der Waals surface area contributed by atoms with Gasteiger partial charge in [0.05, 0.1) is 6.07 Å². The molecule has 106 valence electrons. The van der Waals surface area contributed by atoms with Gasteiger partial charge in [-0.25, -0.2) is 0 Å². The number of fused-ring (bicyclic) bond motifs is 6. The largest absolute Gasteiger partial charge is 0.314 e. The molecule has 1 heterocycles. The van der Waals surface area contributed by atoms with Crippen LogP contribution in [-0.2, 0) is 0 Å². The topological polar surface area (TPSA) is 49.4 Å². The van der Waals surface area contributed by atoms with E-state index in [1.165, 1.54) is 26.9 Å². The normalized spacial score (nSPS) is 13.7. The van der Waals surface area contributed by atoms with E-state index in [9.17, 15) is 0 Å². The first-order valence-electron chi connectivity index (χ1n) is 7.45. The van der Waals surface area contributed by atoms with Gasteiger partial charge in [-0.05, 0) is 44.3 Å². The second-order valence-corrected chi connectivity index (χ2v) is 5.52. The molecule has 0 unspecified atom stereocenters. The lowest BCUT2D eigenvalue weighted by Crippen LogP contribution is -1.93. The van der Waals surface area contributed by atoms with E-state index in [1.807, 2.05) is 12.1 Å². The summed E-state index contributed by atoms with van der Waals surface area (Å²) in [5.74, 6) is 0. The van der Waals surface area contributed by atoms with E-state index < -0.39 is 0 Å². The van der Waals surface area contributed by atoms with E-state index in [0.29, 0.717) is 6.17 Å². The maximum absolute atomic E-state index is 4.05. The van der Waals surface area contributed by atoms with Crippen molar-refractivity contribution in [1.82, 2.24) is 0 Å². The summed E-state index contributed by atoms with van der Waals surface area (Å²) in [7, 11) is 0. The number of rotatable bonds is 1. The quantitative estimate of drug-likeness (QED) is 0.314. The number of hydrogen-bond acceptors (Lipinski definition) is 4. The first kappa shape index (κ1) is 12.3. The van der Waals surface area contributed by atoms with E-state index in [0.717, 1.165) is 10.9 Å². The predicted octanol–water partition coefficient (Wildman–Crippen LogP) is 5.82. The molecule has 0 aliphatic carbocycles. The molecule has 0 aromatic heterocycles. The van der Waals surface area contributed by atoms with Gasteiger partial charge in [0.1, 0.15) is 5.39 Å². The van der Waals surface area contributed by atoms with Crippen LogP contribution in [0.1, 0.15) is 5.56 Å². The molecule has 0 spiro atoms. The summed E-state index contributed by atoms with van der Waals surface area (Å²) in [4.78, 5) is 0. The number of benzene rings is 4. The van der Waals surface area contributed by atoms with Gasteiger partial charge in [0.25, 0.3) is 0 Å². The molecule has 4 nitrogen and oxygen atoms in total. The zero-order valence-corrected chi connectivity index (χ0v) is 12.1. The highest BCUT2D eigenvalue weighted by atomic mass is 15.6. The van der Waals surface area contributed by atoms with E-state index in [2.05, 4.69) is 75.3 Å². The van der Waals surface area contributed by atoms with Crippen molar-refractivity contribution in [2.45, 2.75) is 0 Å². The highest BCUT2D eigenvalue weighted by molar-refractivity contribution is 6.26. The van der Waals surface area contributed by atoms with E-state index in [1.54, 1.807) is 0 Å². The molecule has 1 aliphatic heterocycles. The third-order valence-corrected chi connectivity index (χ3v) is 4.33. The zero-order valence-electron chi connectivity index (χ0n) is 12.1. The Bertz CT molecular complexity index is 1070. The first-order valence-corrected chi connectivity index (χ1v) is 7.45. The van der Waals surface area contributed by atoms with E-state index in [-0.39, 0.29) is 0 Å². The van der Waals surface area contributed by atoms with Crippen LogP contribution in [-0.4, -0.2) is 0 Å². The molecule has 23 heavy (non-hydrogen) atoms. The maximum Gasteiger partial charge on any atom is 0.314 e. The molecule has 0 saturated heterocycles. The summed E-state index contributed by atoms with van der Waals surface area (Å²) in [6.07, 6.45) is 0.566. The van der Waals surface area contributed by atoms with Crippen molar-refractivity contribution < 1.29 is 0 Å². The highest BCUT2D eigenvalue weighted by Gasteiger charge is 2.28. The predicted molar refractivity (Wildman–Crippen MR) is 91.0 cm³/mol. The Hall–Kier alpha value is -3.27. The monoisotopic (exact) mass is 295 g/mol. The second-order valence-electron chi connectivity index (χ2n) is 5.52. The summed E-state index contributed by atoms with van der Waals surface area (Å²) in [5.41, 5.74) is 0.967. The average molecular weight is 295 g/mol. The molecule has 1 aliphatic rings. The van der Waals surface area contributed by atoms with Gasteiger partial charge in [-0.2, -0.15) is 0 Å². The van der Waals surface area contributed by atoms with Crippen molar-refractivity contribution in [2.75, 3.05) is 0 Å². The lowest BCUT2D eigenvalue weighted by Gasteiger charge is -2.08. The number of nitrogens with zero attached hydrogens (tertiary/aromatic N) is 4. The van der Waals surface area contributed by atoms with Crippen LogP contribution in [0.15, 0.2) is 87.4 Å². The molecule has 0 N–H and O–H groups in total. The van der Waals surface area contributed by atoms with Crippen LogP contribution in [0.3, 0.4) is 0 Å². The summed E-state index contributed by atoms with van der Waals surface area (Å²) >= 11 is 0. The Labute approximate surface area is 132 Å². The Morgan fingerprint density at radius 1 is 0.522 bits per heavy atom. The molecule has 0 amide bonds. The van der Waals surface area contributed by atoms with Crippen LogP contribution in [0, 0.1) is 6.17 Å². The van der Waals surface area contributed by atoms with Gasteiger partial charge >= 0.3 is 6.17 Å². The summed E-state index contributed by atoms with van der Waals surface area (Å²) in [6.45, 7) is 0. The minimum Gasteiger partial charge on any atom is -0.0616 e. The lowest BCUT2D eigenvalue weighted by atomic mass is 9.91. The third kappa shape index (κ3) is 1.69. The van der Waals surface area contributed by atoms with Gasteiger partial charge in [0.15, 0.2) is 5.56 Å². The molecule has 0 atom stereocenters. The first-order chi connectivity index (χ1) is 11.4. The summed E-state index contributed by atoms with van der Waals surface area (Å²) < 4.78 is 0. The van der Waals surface area contributed by atoms with Crippen LogP contribution >= 0.6 is 0 Å². The molecule has 4 aromatic carbocycles. The van der Waals surface area contributed by atoms with Crippen LogP contribution in [0.4, 0.5) is 0 Å². The fourth-order valence-corrected chi connectivity index (χ4v) is 3.39. The molecular formula is C19H11N4+. The van der Waals surface area contributed by atoms with Crippen molar-refractivity contribution in [3.05, 3.63) is 78.5 Å². The molecule has 0 fully saturated rings. The fourth-order valence-electron chi connectivity index (χ4n) is 3.39.